The molecule has 0 radical (unpaired) electrons. The fraction of sp³-hybridized carbons (Fsp3) is 0.125. The van der Waals surface area contributed by atoms with E-state index in [1.807, 2.05) is 54.6 Å². The molecule has 3 rings (SSSR count). The summed E-state index contributed by atoms with van der Waals surface area (Å²) >= 11 is 0. The van der Waals surface area contributed by atoms with E-state index in [2.05, 4.69) is 15.5 Å². The Morgan fingerprint density at radius 2 is 1.95 bits per heavy atom. The van der Waals surface area contributed by atoms with E-state index < -0.39 is 0 Å². The van der Waals surface area contributed by atoms with Crippen molar-refractivity contribution in [3.8, 4) is 17.1 Å². The average Bonchev–Trinajstić information content (AvgIpc) is 3.03. The second kappa shape index (κ2) is 6.09. The summed E-state index contributed by atoms with van der Waals surface area (Å²) in [6, 6.07) is 17.4. The van der Waals surface area contributed by atoms with Gasteiger partial charge >= 0.3 is 0 Å². The molecule has 2 aromatic carbocycles. The molecule has 0 bridgehead atoms. The molecule has 0 saturated heterocycles. The lowest BCUT2D eigenvalue weighted by Gasteiger charge is -2.01. The first-order valence-electron chi connectivity index (χ1n) is 6.61. The Kier molecular flexibility index (Phi) is 3.82. The Morgan fingerprint density at radius 1 is 1.10 bits per heavy atom. The smallest absolute Gasteiger partial charge is 0.246 e. The minimum absolute atomic E-state index is 0.487. The maximum absolute atomic E-state index is 5.25. The number of aromatic nitrogens is 2. The van der Waals surface area contributed by atoms with Crippen molar-refractivity contribution >= 4 is 5.69 Å². The third-order valence-corrected chi connectivity index (χ3v) is 3.01. The number of para-hydroxylation sites is 1. The summed E-state index contributed by atoms with van der Waals surface area (Å²) in [6.45, 7) is 0.487. The molecule has 0 saturated carbocycles. The molecule has 0 amide bonds. The third kappa shape index (κ3) is 3.20. The highest BCUT2D eigenvalue weighted by Gasteiger charge is 2.09. The van der Waals surface area contributed by atoms with Crippen LogP contribution in [0.3, 0.4) is 0 Å². The average molecular weight is 281 g/mol. The number of nitrogens with one attached hydrogen (secondary N) is 1. The molecule has 0 aliphatic heterocycles. The molecule has 0 aliphatic rings. The second-order valence-electron chi connectivity index (χ2n) is 4.46. The fourth-order valence-electron chi connectivity index (χ4n) is 1.94. The summed E-state index contributed by atoms with van der Waals surface area (Å²) in [5.41, 5.74) is 1.88. The van der Waals surface area contributed by atoms with E-state index in [1.165, 1.54) is 0 Å². The minimum atomic E-state index is 0.487. The third-order valence-electron chi connectivity index (χ3n) is 3.01. The number of methoxy groups -OCH3 is 1. The Hall–Kier alpha value is -2.82. The second-order valence-corrected chi connectivity index (χ2v) is 4.46. The van der Waals surface area contributed by atoms with Crippen LogP contribution in [0.4, 0.5) is 5.69 Å². The molecule has 0 spiro atoms. The molecule has 1 N–H and O–H groups in total. The summed E-state index contributed by atoms with van der Waals surface area (Å²) < 4.78 is 10.4. The van der Waals surface area contributed by atoms with Crippen LogP contribution in [-0.4, -0.2) is 17.3 Å². The lowest BCUT2D eigenvalue weighted by atomic mass is 10.2. The molecule has 0 atom stereocenters. The van der Waals surface area contributed by atoms with Gasteiger partial charge in [0.05, 0.1) is 13.7 Å². The summed E-state index contributed by atoms with van der Waals surface area (Å²) in [7, 11) is 1.63. The fourth-order valence-corrected chi connectivity index (χ4v) is 1.94. The molecule has 0 fully saturated rings. The van der Waals surface area contributed by atoms with Crippen molar-refractivity contribution in [1.29, 1.82) is 0 Å². The zero-order chi connectivity index (χ0) is 14.5. The van der Waals surface area contributed by atoms with Crippen molar-refractivity contribution < 1.29 is 9.26 Å². The quantitative estimate of drug-likeness (QED) is 0.777. The van der Waals surface area contributed by atoms with Crippen molar-refractivity contribution in [2.45, 2.75) is 6.54 Å². The standard InChI is InChI=1S/C16H15N3O2/c1-20-14-9-5-6-12(10-14)16-18-15(21-19-16)11-17-13-7-3-2-4-8-13/h2-10,17H,11H2,1H3. The number of hydrogen-bond acceptors (Lipinski definition) is 5. The van der Waals surface area contributed by atoms with Crippen LogP contribution in [0.15, 0.2) is 59.1 Å². The molecular weight excluding hydrogens is 266 g/mol. The topological polar surface area (TPSA) is 60.2 Å². The molecule has 3 aromatic rings. The van der Waals surface area contributed by atoms with Gasteiger partial charge in [-0.2, -0.15) is 4.98 Å². The summed E-state index contributed by atoms with van der Waals surface area (Å²) in [4.78, 5) is 4.38. The number of rotatable bonds is 5. The molecule has 1 heterocycles. The summed E-state index contributed by atoms with van der Waals surface area (Å²) in [5.74, 6) is 1.86. The Bertz CT molecular complexity index is 710. The first-order valence-corrected chi connectivity index (χ1v) is 6.61. The van der Waals surface area contributed by atoms with Crippen molar-refractivity contribution in [2.24, 2.45) is 0 Å². The van der Waals surface area contributed by atoms with Crippen LogP contribution in [0.5, 0.6) is 5.75 Å². The van der Waals surface area contributed by atoms with E-state index in [-0.39, 0.29) is 0 Å². The van der Waals surface area contributed by atoms with Crippen molar-refractivity contribution in [2.75, 3.05) is 12.4 Å². The zero-order valence-electron chi connectivity index (χ0n) is 11.6. The van der Waals surface area contributed by atoms with Gasteiger partial charge < -0.3 is 14.6 Å². The molecular formula is C16H15N3O2. The van der Waals surface area contributed by atoms with Gasteiger partial charge in [-0.05, 0) is 24.3 Å². The first kappa shape index (κ1) is 13.2. The van der Waals surface area contributed by atoms with Gasteiger partial charge in [0.25, 0.3) is 0 Å². The van der Waals surface area contributed by atoms with Crippen molar-refractivity contribution in [1.82, 2.24) is 10.1 Å². The van der Waals surface area contributed by atoms with Crippen LogP contribution in [0.2, 0.25) is 0 Å². The number of hydrogen-bond donors (Lipinski definition) is 1. The summed E-state index contributed by atoms with van der Waals surface area (Å²) in [6.07, 6.45) is 0. The van der Waals surface area contributed by atoms with Gasteiger partial charge in [0, 0.05) is 11.3 Å². The van der Waals surface area contributed by atoms with Gasteiger partial charge in [-0.15, -0.1) is 0 Å². The highest BCUT2D eigenvalue weighted by molar-refractivity contribution is 5.56. The van der Waals surface area contributed by atoms with E-state index in [9.17, 15) is 0 Å². The van der Waals surface area contributed by atoms with Crippen molar-refractivity contribution in [3.63, 3.8) is 0 Å². The number of ether oxygens (including phenoxy) is 1. The SMILES string of the molecule is COc1cccc(-c2noc(CNc3ccccc3)n2)c1. The first-order chi connectivity index (χ1) is 10.3. The number of anilines is 1. The van der Waals surface area contributed by atoms with Gasteiger partial charge in [-0.3, -0.25) is 0 Å². The van der Waals surface area contributed by atoms with E-state index in [0.717, 1.165) is 17.0 Å². The monoisotopic (exact) mass is 281 g/mol. The van der Waals surface area contributed by atoms with Gasteiger partial charge in [0.15, 0.2) is 0 Å². The molecule has 0 aliphatic carbocycles. The van der Waals surface area contributed by atoms with Crippen LogP contribution in [0.25, 0.3) is 11.4 Å². The minimum Gasteiger partial charge on any atom is -0.497 e. The maximum Gasteiger partial charge on any atom is 0.246 e. The predicted octanol–water partition coefficient (Wildman–Crippen LogP) is 3.36. The van der Waals surface area contributed by atoms with Crippen molar-refractivity contribution in [3.05, 3.63) is 60.5 Å². The van der Waals surface area contributed by atoms with Gasteiger partial charge in [-0.25, -0.2) is 0 Å². The van der Waals surface area contributed by atoms with E-state index in [4.69, 9.17) is 9.26 Å². The van der Waals surface area contributed by atoms with E-state index in [0.29, 0.717) is 18.3 Å². The van der Waals surface area contributed by atoms with Gasteiger partial charge in [-0.1, -0.05) is 35.5 Å². The van der Waals surface area contributed by atoms with E-state index in [1.54, 1.807) is 7.11 Å². The Morgan fingerprint density at radius 3 is 2.76 bits per heavy atom. The normalized spacial score (nSPS) is 10.3. The molecule has 1 aromatic heterocycles. The van der Waals surface area contributed by atoms with Crippen LogP contribution in [0.1, 0.15) is 5.89 Å². The largest absolute Gasteiger partial charge is 0.497 e. The Balaban J connectivity index is 1.71. The van der Waals surface area contributed by atoms with E-state index >= 15 is 0 Å². The highest BCUT2D eigenvalue weighted by Crippen LogP contribution is 2.21. The lowest BCUT2D eigenvalue weighted by Crippen LogP contribution is -1.99. The lowest BCUT2D eigenvalue weighted by molar-refractivity contribution is 0.384. The van der Waals surface area contributed by atoms with Gasteiger partial charge in [0.2, 0.25) is 11.7 Å². The molecule has 5 nitrogen and oxygen atoms in total. The molecule has 21 heavy (non-hydrogen) atoms. The van der Waals surface area contributed by atoms with Crippen LogP contribution < -0.4 is 10.1 Å². The predicted molar refractivity (Wildman–Crippen MR) is 80.1 cm³/mol. The maximum atomic E-state index is 5.25. The van der Waals surface area contributed by atoms with Crippen LogP contribution >= 0.6 is 0 Å². The molecule has 5 heteroatoms. The number of benzene rings is 2. The highest BCUT2D eigenvalue weighted by atomic mass is 16.5. The number of nitrogens with zero attached hydrogens (tertiary/aromatic N) is 2. The van der Waals surface area contributed by atoms with Gasteiger partial charge in [0.1, 0.15) is 5.75 Å². The molecule has 106 valence electrons. The zero-order valence-corrected chi connectivity index (χ0v) is 11.6. The summed E-state index contributed by atoms with van der Waals surface area (Å²) in [5, 5.41) is 7.22. The molecule has 0 unspecified atom stereocenters. The Labute approximate surface area is 122 Å². The van der Waals surface area contributed by atoms with Crippen LogP contribution in [-0.2, 0) is 6.54 Å². The van der Waals surface area contributed by atoms with Crippen LogP contribution in [0, 0.1) is 0 Å².